The molecule has 0 saturated heterocycles. The smallest absolute Gasteiger partial charge is 0.326 e. The number of halogens is 3. The monoisotopic (exact) mass is 341 g/mol. The van der Waals surface area contributed by atoms with E-state index in [9.17, 15) is 13.2 Å². The van der Waals surface area contributed by atoms with Gasteiger partial charge in [0.15, 0.2) is 5.82 Å². The summed E-state index contributed by atoms with van der Waals surface area (Å²) < 4.78 is 40.4. The van der Waals surface area contributed by atoms with Gasteiger partial charge in [0.25, 0.3) is 0 Å². The van der Waals surface area contributed by atoms with Gasteiger partial charge in [-0.2, -0.15) is 23.5 Å². The van der Waals surface area contributed by atoms with Crippen molar-refractivity contribution in [3.63, 3.8) is 0 Å². The minimum Gasteiger partial charge on any atom is -0.326 e. The quantitative estimate of drug-likeness (QED) is 0.569. The second kappa shape index (κ2) is 5.08. The minimum atomic E-state index is -4.42. The Morgan fingerprint density at radius 3 is 2.68 bits per heavy atom. The van der Waals surface area contributed by atoms with Crippen molar-refractivity contribution in [2.24, 2.45) is 7.05 Å². The normalized spacial score (nSPS) is 12.0. The summed E-state index contributed by atoms with van der Waals surface area (Å²) in [6, 6.07) is 10.6. The van der Waals surface area contributed by atoms with E-state index in [1.165, 1.54) is 6.07 Å². The van der Waals surface area contributed by atoms with Crippen molar-refractivity contribution >= 4 is 21.9 Å². The molecule has 0 fully saturated rings. The molecule has 25 heavy (non-hydrogen) atoms. The van der Waals surface area contributed by atoms with Gasteiger partial charge in [-0.05, 0) is 36.4 Å². The fraction of sp³-hybridized carbons (Fsp3) is 0.118. The SMILES string of the molecule is Cn1c(-c2n[nH]c3cc(C#N)ccc23)nc2cc(C(F)(F)F)ccc21. The van der Waals surface area contributed by atoms with E-state index in [2.05, 4.69) is 15.2 Å². The van der Waals surface area contributed by atoms with E-state index in [4.69, 9.17) is 5.26 Å². The Morgan fingerprint density at radius 2 is 1.96 bits per heavy atom. The van der Waals surface area contributed by atoms with Crippen molar-refractivity contribution in [1.29, 1.82) is 5.26 Å². The van der Waals surface area contributed by atoms with Crippen LogP contribution in [0.4, 0.5) is 13.2 Å². The molecule has 0 radical (unpaired) electrons. The van der Waals surface area contributed by atoms with Crippen LogP contribution in [-0.2, 0) is 13.2 Å². The van der Waals surface area contributed by atoms with Crippen LogP contribution in [0.3, 0.4) is 0 Å². The van der Waals surface area contributed by atoms with E-state index >= 15 is 0 Å². The molecule has 4 rings (SSSR count). The molecule has 124 valence electrons. The number of rotatable bonds is 1. The number of imidazole rings is 1. The summed E-state index contributed by atoms with van der Waals surface area (Å²) in [5, 5.41) is 16.8. The lowest BCUT2D eigenvalue weighted by atomic mass is 10.1. The second-order valence-electron chi connectivity index (χ2n) is 5.64. The van der Waals surface area contributed by atoms with Gasteiger partial charge in [0.1, 0.15) is 5.69 Å². The Kier molecular flexibility index (Phi) is 3.09. The summed E-state index contributed by atoms with van der Waals surface area (Å²) in [7, 11) is 1.72. The second-order valence-corrected chi connectivity index (χ2v) is 5.64. The van der Waals surface area contributed by atoms with Crippen molar-refractivity contribution in [2.75, 3.05) is 0 Å². The van der Waals surface area contributed by atoms with E-state index < -0.39 is 11.7 Å². The van der Waals surface area contributed by atoms with Crippen molar-refractivity contribution in [2.45, 2.75) is 6.18 Å². The summed E-state index contributed by atoms with van der Waals surface area (Å²) in [4.78, 5) is 4.34. The number of nitriles is 1. The maximum absolute atomic E-state index is 12.9. The zero-order valence-electron chi connectivity index (χ0n) is 12.9. The van der Waals surface area contributed by atoms with Crippen LogP contribution in [0.1, 0.15) is 11.1 Å². The molecule has 8 heteroatoms. The molecule has 2 heterocycles. The van der Waals surface area contributed by atoms with Crippen LogP contribution >= 0.6 is 0 Å². The highest BCUT2D eigenvalue weighted by Gasteiger charge is 2.31. The molecule has 0 aliphatic heterocycles. The van der Waals surface area contributed by atoms with Gasteiger partial charge in [-0.15, -0.1) is 0 Å². The summed E-state index contributed by atoms with van der Waals surface area (Å²) in [5.41, 5.74) is 1.76. The lowest BCUT2D eigenvalue weighted by Gasteiger charge is -2.05. The van der Waals surface area contributed by atoms with Gasteiger partial charge in [0.2, 0.25) is 0 Å². The van der Waals surface area contributed by atoms with Gasteiger partial charge in [0, 0.05) is 12.4 Å². The Labute approximate surface area is 139 Å². The predicted octanol–water partition coefficient (Wildman–Crippen LogP) is 4.01. The minimum absolute atomic E-state index is 0.247. The summed E-state index contributed by atoms with van der Waals surface area (Å²) >= 11 is 0. The maximum atomic E-state index is 12.9. The average Bonchev–Trinajstić information content (AvgIpc) is 3.14. The number of nitrogens with zero attached hydrogens (tertiary/aromatic N) is 4. The number of nitrogens with one attached hydrogen (secondary N) is 1. The number of fused-ring (bicyclic) bond motifs is 2. The van der Waals surface area contributed by atoms with Crippen LogP contribution in [0.2, 0.25) is 0 Å². The largest absolute Gasteiger partial charge is 0.416 e. The van der Waals surface area contributed by atoms with E-state index in [1.807, 2.05) is 6.07 Å². The molecule has 0 saturated carbocycles. The molecule has 1 N–H and O–H groups in total. The van der Waals surface area contributed by atoms with Crippen LogP contribution in [0.25, 0.3) is 33.5 Å². The molecule has 2 aromatic carbocycles. The first-order valence-electron chi connectivity index (χ1n) is 7.31. The van der Waals surface area contributed by atoms with E-state index in [0.717, 1.165) is 17.5 Å². The predicted molar refractivity (Wildman–Crippen MR) is 85.5 cm³/mol. The number of hydrogen-bond donors (Lipinski definition) is 1. The van der Waals surface area contributed by atoms with Gasteiger partial charge in [-0.3, -0.25) is 5.10 Å². The number of aromatic nitrogens is 4. The summed E-state index contributed by atoms with van der Waals surface area (Å²) in [6.45, 7) is 0. The molecule has 0 unspecified atom stereocenters. The fourth-order valence-electron chi connectivity index (χ4n) is 2.85. The third kappa shape index (κ3) is 2.32. The highest BCUT2D eigenvalue weighted by atomic mass is 19.4. The molecule has 0 atom stereocenters. The standard InChI is InChI=1S/C17H10F3N5/c1-25-14-5-3-10(17(18,19)20)7-13(14)22-16(25)15-11-4-2-9(8-21)6-12(11)23-24-15/h2-7H,1H3,(H,23,24). The highest BCUT2D eigenvalue weighted by molar-refractivity contribution is 5.94. The van der Waals surface area contributed by atoms with Gasteiger partial charge < -0.3 is 4.57 Å². The van der Waals surface area contributed by atoms with Crippen LogP contribution in [-0.4, -0.2) is 19.7 Å². The Bertz CT molecular complexity index is 1160. The molecule has 0 spiro atoms. The van der Waals surface area contributed by atoms with E-state index in [0.29, 0.717) is 28.1 Å². The topological polar surface area (TPSA) is 70.3 Å². The summed E-state index contributed by atoms with van der Waals surface area (Å²) in [6.07, 6.45) is -4.42. The fourth-order valence-corrected chi connectivity index (χ4v) is 2.85. The molecule has 0 bridgehead atoms. The average molecular weight is 341 g/mol. The Morgan fingerprint density at radius 1 is 1.16 bits per heavy atom. The molecule has 0 amide bonds. The summed E-state index contributed by atoms with van der Waals surface area (Å²) in [5.74, 6) is 0.449. The first kappa shape index (κ1) is 15.2. The van der Waals surface area contributed by atoms with Gasteiger partial charge in [-0.1, -0.05) is 0 Å². The Balaban J connectivity index is 1.93. The molecular weight excluding hydrogens is 331 g/mol. The molecule has 0 aliphatic carbocycles. The van der Waals surface area contributed by atoms with Gasteiger partial charge >= 0.3 is 6.18 Å². The number of alkyl halides is 3. The van der Waals surface area contributed by atoms with Crippen LogP contribution in [0, 0.1) is 11.3 Å². The van der Waals surface area contributed by atoms with Crippen LogP contribution in [0.5, 0.6) is 0 Å². The number of aryl methyl sites for hydroxylation is 1. The third-order valence-electron chi connectivity index (χ3n) is 4.11. The van der Waals surface area contributed by atoms with Crippen molar-refractivity contribution in [3.05, 3.63) is 47.5 Å². The first-order valence-corrected chi connectivity index (χ1v) is 7.31. The molecular formula is C17H10F3N5. The zero-order valence-corrected chi connectivity index (χ0v) is 12.9. The van der Waals surface area contributed by atoms with Crippen LogP contribution < -0.4 is 0 Å². The highest BCUT2D eigenvalue weighted by Crippen LogP contribution is 2.33. The lowest BCUT2D eigenvalue weighted by molar-refractivity contribution is -0.137. The maximum Gasteiger partial charge on any atom is 0.416 e. The lowest BCUT2D eigenvalue weighted by Crippen LogP contribution is -2.04. The van der Waals surface area contributed by atoms with Crippen molar-refractivity contribution in [1.82, 2.24) is 19.7 Å². The van der Waals surface area contributed by atoms with Gasteiger partial charge in [-0.25, -0.2) is 4.98 Å². The number of benzene rings is 2. The van der Waals surface area contributed by atoms with Crippen molar-refractivity contribution in [3.8, 4) is 17.6 Å². The number of H-pyrrole nitrogens is 1. The van der Waals surface area contributed by atoms with E-state index in [-0.39, 0.29) is 5.52 Å². The van der Waals surface area contributed by atoms with E-state index in [1.54, 1.807) is 29.8 Å². The zero-order chi connectivity index (χ0) is 17.8. The van der Waals surface area contributed by atoms with Crippen LogP contribution in [0.15, 0.2) is 36.4 Å². The third-order valence-corrected chi connectivity index (χ3v) is 4.11. The molecule has 0 aliphatic rings. The molecule has 2 aromatic heterocycles. The van der Waals surface area contributed by atoms with Crippen molar-refractivity contribution < 1.29 is 13.2 Å². The number of hydrogen-bond acceptors (Lipinski definition) is 3. The first-order chi connectivity index (χ1) is 11.9. The molecule has 5 nitrogen and oxygen atoms in total. The van der Waals surface area contributed by atoms with Gasteiger partial charge in [0.05, 0.1) is 33.7 Å². The Hall–Kier alpha value is -3.34. The number of aromatic amines is 1. The molecule has 4 aromatic rings.